The van der Waals surface area contributed by atoms with Crippen molar-refractivity contribution in [3.05, 3.63) is 0 Å². The van der Waals surface area contributed by atoms with Gasteiger partial charge in [0.05, 0.1) is 0 Å². The summed E-state index contributed by atoms with van der Waals surface area (Å²) < 4.78 is 5.66. The highest BCUT2D eigenvalue weighted by atomic mass is 16.5. The Morgan fingerprint density at radius 2 is 1.89 bits per heavy atom. The van der Waals surface area contributed by atoms with Gasteiger partial charge in [-0.1, -0.05) is 13.3 Å². The maximum absolute atomic E-state index is 12.3. The molecule has 0 radical (unpaired) electrons. The highest BCUT2D eigenvalue weighted by molar-refractivity contribution is 5.80. The van der Waals surface area contributed by atoms with Crippen LogP contribution >= 0.6 is 0 Å². The highest BCUT2D eigenvalue weighted by Crippen LogP contribution is 2.22. The molecule has 2 rings (SSSR count). The topological polar surface area (TPSA) is 46.6 Å². The molecule has 4 heteroatoms. The normalized spacial score (nSPS) is 24.2. The summed E-state index contributed by atoms with van der Waals surface area (Å²) in [5.41, 5.74) is 0. The predicted octanol–water partition coefficient (Wildman–Crippen LogP) is 2.31. The van der Waals surface area contributed by atoms with E-state index in [1.54, 1.807) is 0 Å². The Bertz CT molecular complexity index is 313. The van der Waals surface area contributed by atoms with Gasteiger partial charge in [-0.2, -0.15) is 0 Å². The van der Waals surface area contributed by atoms with E-state index in [9.17, 15) is 9.59 Å². The molecule has 0 aromatic heterocycles. The number of carbonyl (C=O) groups is 2. The summed E-state index contributed by atoms with van der Waals surface area (Å²) in [6, 6.07) is -0.157. The first-order chi connectivity index (χ1) is 9.20. The molecule has 4 nitrogen and oxygen atoms in total. The van der Waals surface area contributed by atoms with Crippen LogP contribution in [0.2, 0.25) is 0 Å². The largest absolute Gasteiger partial charge is 0.461 e. The van der Waals surface area contributed by atoms with Crippen molar-refractivity contribution in [1.82, 2.24) is 4.90 Å². The smallest absolute Gasteiger partial charge is 0.323 e. The van der Waals surface area contributed by atoms with Crippen molar-refractivity contribution in [2.24, 2.45) is 0 Å². The SMILES string of the molecule is CCC(C(=O)OC1CCCCC1)N1CCC(=O)CC1. The number of Topliss-reactive ketones (excluding diaryl/α,β-unsaturated/α-hetero) is 1. The second-order valence-electron chi connectivity index (χ2n) is 5.70. The van der Waals surface area contributed by atoms with Crippen LogP contribution in [0.4, 0.5) is 0 Å². The molecule has 1 heterocycles. The zero-order chi connectivity index (χ0) is 13.7. The molecule has 108 valence electrons. The quantitative estimate of drug-likeness (QED) is 0.733. The first-order valence-electron chi connectivity index (χ1n) is 7.67. The van der Waals surface area contributed by atoms with Gasteiger partial charge in [0, 0.05) is 25.9 Å². The molecule has 0 bridgehead atoms. The fourth-order valence-corrected chi connectivity index (χ4v) is 3.08. The second kappa shape index (κ2) is 7.04. The van der Waals surface area contributed by atoms with Crippen molar-refractivity contribution in [1.29, 1.82) is 0 Å². The van der Waals surface area contributed by atoms with E-state index < -0.39 is 0 Å². The fourth-order valence-electron chi connectivity index (χ4n) is 3.08. The third-order valence-electron chi connectivity index (χ3n) is 4.29. The van der Waals surface area contributed by atoms with Gasteiger partial charge in [-0.25, -0.2) is 0 Å². The van der Waals surface area contributed by atoms with Crippen LogP contribution in [0, 0.1) is 0 Å². The minimum absolute atomic E-state index is 0.0799. The van der Waals surface area contributed by atoms with Gasteiger partial charge in [0.25, 0.3) is 0 Å². The lowest BCUT2D eigenvalue weighted by molar-refractivity contribution is -0.158. The lowest BCUT2D eigenvalue weighted by Gasteiger charge is -2.33. The average Bonchev–Trinajstić information content (AvgIpc) is 2.43. The molecule has 1 atom stereocenters. The molecular weight excluding hydrogens is 242 g/mol. The summed E-state index contributed by atoms with van der Waals surface area (Å²) in [4.78, 5) is 25.7. The summed E-state index contributed by atoms with van der Waals surface area (Å²) in [5, 5.41) is 0. The van der Waals surface area contributed by atoms with Gasteiger partial charge >= 0.3 is 5.97 Å². The van der Waals surface area contributed by atoms with Crippen LogP contribution in [-0.2, 0) is 14.3 Å². The zero-order valence-corrected chi connectivity index (χ0v) is 11.9. The highest BCUT2D eigenvalue weighted by Gasteiger charge is 2.30. The number of ether oxygens (including phenoxy) is 1. The third-order valence-corrected chi connectivity index (χ3v) is 4.29. The Balaban J connectivity index is 1.85. The maximum Gasteiger partial charge on any atom is 0.323 e. The number of esters is 1. The molecule has 1 aliphatic heterocycles. The molecule has 1 saturated carbocycles. The van der Waals surface area contributed by atoms with Crippen LogP contribution in [-0.4, -0.2) is 41.9 Å². The van der Waals surface area contributed by atoms with Crippen LogP contribution in [0.3, 0.4) is 0 Å². The summed E-state index contributed by atoms with van der Waals surface area (Å²) >= 11 is 0. The van der Waals surface area contributed by atoms with Crippen molar-refractivity contribution >= 4 is 11.8 Å². The van der Waals surface area contributed by atoms with E-state index in [2.05, 4.69) is 4.90 Å². The number of hydrogen-bond acceptors (Lipinski definition) is 4. The lowest BCUT2D eigenvalue weighted by atomic mass is 9.97. The number of likely N-dealkylation sites (tertiary alicyclic amines) is 1. The average molecular weight is 267 g/mol. The second-order valence-corrected chi connectivity index (χ2v) is 5.70. The number of hydrogen-bond donors (Lipinski definition) is 0. The monoisotopic (exact) mass is 267 g/mol. The molecule has 1 saturated heterocycles. The number of rotatable bonds is 4. The van der Waals surface area contributed by atoms with Gasteiger partial charge in [-0.05, 0) is 32.1 Å². The van der Waals surface area contributed by atoms with Crippen molar-refractivity contribution in [2.45, 2.75) is 70.4 Å². The van der Waals surface area contributed by atoms with Crippen LogP contribution in [0.5, 0.6) is 0 Å². The Labute approximate surface area is 115 Å². The summed E-state index contributed by atoms with van der Waals surface area (Å²) in [5.74, 6) is 0.232. The molecule has 2 fully saturated rings. The van der Waals surface area contributed by atoms with E-state index in [4.69, 9.17) is 4.74 Å². The fraction of sp³-hybridized carbons (Fsp3) is 0.867. The van der Waals surface area contributed by atoms with Gasteiger partial charge in [-0.3, -0.25) is 14.5 Å². The van der Waals surface area contributed by atoms with Crippen molar-refractivity contribution in [3.8, 4) is 0 Å². The Morgan fingerprint density at radius 3 is 2.47 bits per heavy atom. The van der Waals surface area contributed by atoms with Crippen molar-refractivity contribution in [2.75, 3.05) is 13.1 Å². The van der Waals surface area contributed by atoms with E-state index in [1.165, 1.54) is 19.3 Å². The molecule has 0 N–H and O–H groups in total. The summed E-state index contributed by atoms with van der Waals surface area (Å²) in [7, 11) is 0. The minimum atomic E-state index is -0.157. The Hall–Kier alpha value is -0.900. The minimum Gasteiger partial charge on any atom is -0.461 e. The Morgan fingerprint density at radius 1 is 1.26 bits per heavy atom. The van der Waals surface area contributed by atoms with E-state index in [-0.39, 0.29) is 18.1 Å². The van der Waals surface area contributed by atoms with Gasteiger partial charge in [-0.15, -0.1) is 0 Å². The van der Waals surface area contributed by atoms with Gasteiger partial charge < -0.3 is 4.74 Å². The van der Waals surface area contributed by atoms with Crippen LogP contribution in [0.25, 0.3) is 0 Å². The molecule has 1 unspecified atom stereocenters. The summed E-state index contributed by atoms with van der Waals surface area (Å²) in [6.07, 6.45) is 7.68. The molecule has 2 aliphatic rings. The number of ketones is 1. The van der Waals surface area contributed by atoms with Gasteiger partial charge in [0.1, 0.15) is 17.9 Å². The number of carbonyl (C=O) groups excluding carboxylic acids is 2. The van der Waals surface area contributed by atoms with E-state index >= 15 is 0 Å². The van der Waals surface area contributed by atoms with Crippen molar-refractivity contribution < 1.29 is 14.3 Å². The van der Waals surface area contributed by atoms with E-state index in [1.807, 2.05) is 6.92 Å². The van der Waals surface area contributed by atoms with Gasteiger partial charge in [0.2, 0.25) is 0 Å². The molecule has 19 heavy (non-hydrogen) atoms. The third kappa shape index (κ3) is 4.03. The molecule has 0 aromatic carbocycles. The lowest BCUT2D eigenvalue weighted by Crippen LogP contribution is -2.47. The maximum atomic E-state index is 12.3. The standard InChI is InChI=1S/C15H25NO3/c1-2-14(16-10-8-12(17)9-11-16)15(18)19-13-6-4-3-5-7-13/h13-14H,2-11H2,1H3. The molecule has 0 spiro atoms. The molecule has 1 aliphatic carbocycles. The van der Waals surface area contributed by atoms with Crippen LogP contribution < -0.4 is 0 Å². The number of piperidine rings is 1. The molecule has 0 aromatic rings. The number of nitrogens with zero attached hydrogens (tertiary/aromatic N) is 1. The van der Waals surface area contributed by atoms with Crippen LogP contribution in [0.1, 0.15) is 58.3 Å². The molecular formula is C15H25NO3. The zero-order valence-electron chi connectivity index (χ0n) is 11.9. The van der Waals surface area contributed by atoms with E-state index in [0.717, 1.165) is 19.3 Å². The van der Waals surface area contributed by atoms with Gasteiger partial charge in [0.15, 0.2) is 0 Å². The molecule has 0 amide bonds. The Kier molecular flexibility index (Phi) is 5.37. The van der Waals surface area contributed by atoms with Crippen molar-refractivity contribution in [3.63, 3.8) is 0 Å². The first-order valence-corrected chi connectivity index (χ1v) is 7.67. The van der Waals surface area contributed by atoms with E-state index in [0.29, 0.717) is 31.7 Å². The van der Waals surface area contributed by atoms with Crippen LogP contribution in [0.15, 0.2) is 0 Å². The summed E-state index contributed by atoms with van der Waals surface area (Å²) in [6.45, 7) is 3.43. The first kappa shape index (κ1) is 14.5. The predicted molar refractivity (Wildman–Crippen MR) is 72.9 cm³/mol.